The van der Waals surface area contributed by atoms with Crippen LogP contribution in [-0.4, -0.2) is 35.4 Å². The molecule has 3 aromatic carbocycles. The maximum Gasteiger partial charge on any atom is 0.195 e. The van der Waals surface area contributed by atoms with E-state index in [9.17, 15) is 4.79 Å². The summed E-state index contributed by atoms with van der Waals surface area (Å²) in [4.78, 5) is 16.1. The van der Waals surface area contributed by atoms with Crippen LogP contribution >= 0.6 is 0 Å². The molecule has 0 aliphatic carbocycles. The number of ketones is 1. The minimum Gasteiger partial charge on any atom is -0.342 e. The molecule has 0 saturated carbocycles. The molecule has 3 nitrogen and oxygen atoms in total. The lowest BCUT2D eigenvalue weighted by atomic mass is 9.97. The van der Waals surface area contributed by atoms with Crippen molar-refractivity contribution in [2.24, 2.45) is 0 Å². The zero-order valence-corrected chi connectivity index (χ0v) is 16.8. The van der Waals surface area contributed by atoms with Gasteiger partial charge in [-0.2, -0.15) is 0 Å². The van der Waals surface area contributed by atoms with Crippen molar-refractivity contribution in [3.8, 4) is 0 Å². The summed E-state index contributed by atoms with van der Waals surface area (Å²) in [5.74, 6) is 0.110. The summed E-state index contributed by atoms with van der Waals surface area (Å²) in [6.45, 7) is 2.18. The van der Waals surface area contributed by atoms with Crippen molar-refractivity contribution in [2.75, 3.05) is 20.1 Å². The fraction of sp³-hybridized carbons (Fsp3) is 0.269. The van der Waals surface area contributed by atoms with Gasteiger partial charge in [-0.15, -0.1) is 0 Å². The van der Waals surface area contributed by atoms with Gasteiger partial charge in [0.15, 0.2) is 5.78 Å². The van der Waals surface area contributed by atoms with E-state index in [1.807, 2.05) is 36.4 Å². The number of likely N-dealkylation sites (tertiary alicyclic amines) is 1. The Morgan fingerprint density at radius 1 is 0.862 bits per heavy atom. The van der Waals surface area contributed by atoms with Gasteiger partial charge in [0.05, 0.1) is 0 Å². The quantitative estimate of drug-likeness (QED) is 0.426. The van der Waals surface area contributed by atoms with Gasteiger partial charge >= 0.3 is 0 Å². The van der Waals surface area contributed by atoms with Gasteiger partial charge in [-0.1, -0.05) is 67.1 Å². The Labute approximate surface area is 171 Å². The van der Waals surface area contributed by atoms with E-state index in [0.717, 1.165) is 52.3 Å². The molecule has 0 unspecified atom stereocenters. The summed E-state index contributed by atoms with van der Waals surface area (Å²) in [7, 11) is 2.20. The molecule has 4 aromatic rings. The van der Waals surface area contributed by atoms with Crippen LogP contribution in [0.1, 0.15) is 41.2 Å². The van der Waals surface area contributed by atoms with Crippen molar-refractivity contribution in [1.29, 1.82) is 0 Å². The van der Waals surface area contributed by atoms with Crippen LogP contribution in [-0.2, 0) is 0 Å². The molecule has 1 atom stereocenters. The highest BCUT2D eigenvalue weighted by Crippen LogP contribution is 2.31. The maximum atomic E-state index is 13.7. The van der Waals surface area contributed by atoms with Crippen molar-refractivity contribution in [1.82, 2.24) is 9.47 Å². The van der Waals surface area contributed by atoms with Gasteiger partial charge in [-0.05, 0) is 43.3 Å². The van der Waals surface area contributed by atoms with Crippen LogP contribution in [0.25, 0.3) is 21.7 Å². The van der Waals surface area contributed by atoms with Crippen molar-refractivity contribution < 1.29 is 4.79 Å². The molecule has 5 rings (SSSR count). The number of benzene rings is 3. The summed E-state index contributed by atoms with van der Waals surface area (Å²) in [5, 5.41) is 3.18. The molecular formula is C26H26N2O. The molecule has 146 valence electrons. The first-order valence-electron chi connectivity index (χ1n) is 10.5. The molecule has 1 saturated heterocycles. The number of fused-ring (bicyclic) bond motifs is 2. The number of nitrogens with zero attached hydrogens (tertiary/aromatic N) is 2. The molecule has 0 amide bonds. The first-order valence-corrected chi connectivity index (χ1v) is 10.5. The van der Waals surface area contributed by atoms with E-state index in [1.165, 1.54) is 12.8 Å². The molecule has 1 aromatic heterocycles. The van der Waals surface area contributed by atoms with Crippen molar-refractivity contribution in [3.05, 3.63) is 84.1 Å². The van der Waals surface area contributed by atoms with Crippen LogP contribution in [0.15, 0.2) is 72.9 Å². The Balaban J connectivity index is 1.65. The number of likely N-dealkylation sites (N-methyl/N-ethyl adjacent to an activating group) is 1. The van der Waals surface area contributed by atoms with E-state index in [4.69, 9.17) is 0 Å². The van der Waals surface area contributed by atoms with Gasteiger partial charge in [-0.25, -0.2) is 0 Å². The standard InChI is InChI=1S/C26H26N2O/c1-27-16-7-6-11-20(17-27)28-18-24(22-13-4-5-15-25(22)28)26(29)23-14-8-10-19-9-2-3-12-21(19)23/h2-5,8-10,12-15,18,20H,6-7,11,16-17H2,1H3/t20-/m1/s1. The average molecular weight is 383 g/mol. The highest BCUT2D eigenvalue weighted by atomic mass is 16.1. The summed E-state index contributed by atoms with van der Waals surface area (Å²) < 4.78 is 2.36. The zero-order valence-electron chi connectivity index (χ0n) is 16.8. The maximum absolute atomic E-state index is 13.7. The molecule has 0 N–H and O–H groups in total. The number of hydrogen-bond donors (Lipinski definition) is 0. The second-order valence-corrected chi connectivity index (χ2v) is 8.23. The highest BCUT2D eigenvalue weighted by molar-refractivity contribution is 6.21. The summed E-state index contributed by atoms with van der Waals surface area (Å²) in [6.07, 6.45) is 5.74. The Kier molecular flexibility index (Phi) is 4.69. The molecule has 0 radical (unpaired) electrons. The summed E-state index contributed by atoms with van der Waals surface area (Å²) in [5.41, 5.74) is 2.75. The van der Waals surface area contributed by atoms with Crippen LogP contribution in [0.5, 0.6) is 0 Å². The number of carbonyl (C=O) groups is 1. The minimum absolute atomic E-state index is 0.110. The van der Waals surface area contributed by atoms with Crippen LogP contribution in [0.2, 0.25) is 0 Å². The third-order valence-electron chi connectivity index (χ3n) is 6.26. The summed E-state index contributed by atoms with van der Waals surface area (Å²) in [6, 6.07) is 22.9. The molecule has 1 aliphatic rings. The number of carbonyl (C=O) groups excluding carboxylic acids is 1. The molecule has 0 bridgehead atoms. The normalized spacial score (nSPS) is 18.2. The van der Waals surface area contributed by atoms with Crippen molar-refractivity contribution in [3.63, 3.8) is 0 Å². The van der Waals surface area contributed by atoms with E-state index in [2.05, 4.69) is 53.0 Å². The second-order valence-electron chi connectivity index (χ2n) is 8.23. The Bertz CT molecular complexity index is 1180. The first-order chi connectivity index (χ1) is 14.2. The molecule has 1 fully saturated rings. The second kappa shape index (κ2) is 7.49. The predicted octanol–water partition coefficient (Wildman–Crippen LogP) is 5.68. The fourth-order valence-electron chi connectivity index (χ4n) is 4.79. The van der Waals surface area contributed by atoms with Crippen molar-refractivity contribution >= 4 is 27.5 Å². The highest BCUT2D eigenvalue weighted by Gasteiger charge is 2.23. The van der Waals surface area contributed by atoms with E-state index in [-0.39, 0.29) is 5.78 Å². The predicted molar refractivity (Wildman–Crippen MR) is 120 cm³/mol. The topological polar surface area (TPSA) is 25.2 Å². The van der Waals surface area contributed by atoms with E-state index < -0.39 is 0 Å². The molecule has 2 heterocycles. The van der Waals surface area contributed by atoms with E-state index in [1.54, 1.807) is 0 Å². The third-order valence-corrected chi connectivity index (χ3v) is 6.26. The Morgan fingerprint density at radius 3 is 2.52 bits per heavy atom. The monoisotopic (exact) mass is 382 g/mol. The summed E-state index contributed by atoms with van der Waals surface area (Å²) >= 11 is 0. The average Bonchev–Trinajstić information content (AvgIpc) is 3.01. The van der Waals surface area contributed by atoms with Gasteiger partial charge in [-0.3, -0.25) is 4.79 Å². The van der Waals surface area contributed by atoms with E-state index in [0.29, 0.717) is 6.04 Å². The molecule has 3 heteroatoms. The number of para-hydroxylation sites is 1. The smallest absolute Gasteiger partial charge is 0.195 e. The van der Waals surface area contributed by atoms with Gasteiger partial charge in [0.1, 0.15) is 0 Å². The lowest BCUT2D eigenvalue weighted by Crippen LogP contribution is -2.25. The molecule has 0 spiro atoms. The van der Waals surface area contributed by atoms with Crippen LogP contribution in [0.3, 0.4) is 0 Å². The van der Waals surface area contributed by atoms with Gasteiger partial charge in [0, 0.05) is 40.8 Å². The number of hydrogen-bond acceptors (Lipinski definition) is 2. The molecule has 29 heavy (non-hydrogen) atoms. The molecule has 1 aliphatic heterocycles. The van der Waals surface area contributed by atoms with Crippen LogP contribution < -0.4 is 0 Å². The zero-order chi connectivity index (χ0) is 19.8. The lowest BCUT2D eigenvalue weighted by Gasteiger charge is -2.22. The Hall–Kier alpha value is -2.91. The number of aromatic nitrogens is 1. The van der Waals surface area contributed by atoms with Crippen LogP contribution in [0, 0.1) is 0 Å². The Morgan fingerprint density at radius 2 is 1.62 bits per heavy atom. The number of rotatable bonds is 3. The van der Waals surface area contributed by atoms with Gasteiger partial charge < -0.3 is 9.47 Å². The van der Waals surface area contributed by atoms with E-state index >= 15 is 0 Å². The van der Waals surface area contributed by atoms with Gasteiger partial charge in [0.25, 0.3) is 0 Å². The minimum atomic E-state index is 0.110. The first kappa shape index (κ1) is 18.1. The molecular weight excluding hydrogens is 356 g/mol. The lowest BCUT2D eigenvalue weighted by molar-refractivity contribution is 0.104. The van der Waals surface area contributed by atoms with Gasteiger partial charge in [0.2, 0.25) is 0 Å². The third kappa shape index (κ3) is 3.26. The largest absolute Gasteiger partial charge is 0.342 e. The van der Waals surface area contributed by atoms with Crippen molar-refractivity contribution in [2.45, 2.75) is 25.3 Å². The fourth-order valence-corrected chi connectivity index (χ4v) is 4.79. The van der Waals surface area contributed by atoms with Crippen LogP contribution in [0.4, 0.5) is 0 Å². The SMILES string of the molecule is CN1CCCC[C@@H](n2cc(C(=O)c3cccc4ccccc34)c3ccccc32)C1.